The molecule has 1 aromatic carbocycles. The van der Waals surface area contributed by atoms with E-state index in [0.29, 0.717) is 52.2 Å². The minimum absolute atomic E-state index is 0.0748. The van der Waals surface area contributed by atoms with Crippen LogP contribution in [0.25, 0.3) is 0 Å². The number of hydroxylamine groups is 1. The van der Waals surface area contributed by atoms with Gasteiger partial charge in [0.15, 0.2) is 0 Å². The number of carbonyl (C=O) groups is 3. The summed E-state index contributed by atoms with van der Waals surface area (Å²) in [7, 11) is 0. The highest BCUT2D eigenvalue weighted by molar-refractivity contribution is 5.87. The number of para-hydroxylation sites is 1. The molecule has 33 heavy (non-hydrogen) atoms. The van der Waals surface area contributed by atoms with Gasteiger partial charge in [0, 0.05) is 45.0 Å². The zero-order valence-electron chi connectivity index (χ0n) is 18.7. The summed E-state index contributed by atoms with van der Waals surface area (Å²) in [5, 5.41) is 9.27. The monoisotopic (exact) mass is 460 g/mol. The van der Waals surface area contributed by atoms with E-state index in [9.17, 15) is 19.6 Å². The number of amides is 3. The molecule has 3 aliphatic rings. The molecule has 0 bridgehead atoms. The molecule has 10 heteroatoms. The third-order valence-corrected chi connectivity index (χ3v) is 6.82. The topological polar surface area (TPSA) is 112 Å². The van der Waals surface area contributed by atoms with Crippen LogP contribution in [0.3, 0.4) is 0 Å². The summed E-state index contributed by atoms with van der Waals surface area (Å²) in [6.07, 6.45) is 0.251. The molecule has 3 amide bonds. The van der Waals surface area contributed by atoms with Crippen LogP contribution in [0.1, 0.15) is 19.3 Å². The molecule has 1 aliphatic carbocycles. The largest absolute Gasteiger partial charge is 0.446 e. The minimum atomic E-state index is -0.745. The summed E-state index contributed by atoms with van der Waals surface area (Å²) in [5.74, 6) is -1.97. The SMILES string of the molecule is O=C(NO)C1CC(OC(=O)N2CCOCC2)CCC1C(=O)N1CCN(c2ccccc2)CC1. The molecule has 180 valence electrons. The first-order valence-corrected chi connectivity index (χ1v) is 11.6. The summed E-state index contributed by atoms with van der Waals surface area (Å²) in [5.41, 5.74) is 2.83. The van der Waals surface area contributed by atoms with E-state index in [2.05, 4.69) is 17.0 Å². The van der Waals surface area contributed by atoms with Crippen molar-refractivity contribution >= 4 is 23.6 Å². The lowest BCUT2D eigenvalue weighted by molar-refractivity contribution is -0.149. The van der Waals surface area contributed by atoms with Crippen LogP contribution in [-0.4, -0.2) is 91.5 Å². The normalized spacial score (nSPS) is 26.0. The van der Waals surface area contributed by atoms with Gasteiger partial charge in [0.05, 0.1) is 25.0 Å². The van der Waals surface area contributed by atoms with Crippen LogP contribution < -0.4 is 10.4 Å². The molecule has 10 nitrogen and oxygen atoms in total. The van der Waals surface area contributed by atoms with E-state index in [1.165, 1.54) is 0 Å². The first-order valence-electron chi connectivity index (χ1n) is 11.6. The number of anilines is 1. The van der Waals surface area contributed by atoms with Crippen molar-refractivity contribution in [3.63, 3.8) is 0 Å². The first kappa shape index (κ1) is 23.3. The first-order chi connectivity index (χ1) is 16.1. The van der Waals surface area contributed by atoms with Crippen LogP contribution in [0.2, 0.25) is 0 Å². The number of piperazine rings is 1. The molecule has 3 atom stereocenters. The van der Waals surface area contributed by atoms with Crippen molar-refractivity contribution in [2.24, 2.45) is 11.8 Å². The number of rotatable bonds is 4. The molecule has 2 aliphatic heterocycles. The molecule has 4 rings (SSSR count). The second-order valence-corrected chi connectivity index (χ2v) is 8.76. The van der Waals surface area contributed by atoms with Gasteiger partial charge in [0.25, 0.3) is 0 Å². The van der Waals surface area contributed by atoms with Gasteiger partial charge in [0.1, 0.15) is 6.10 Å². The van der Waals surface area contributed by atoms with E-state index in [-0.39, 0.29) is 12.3 Å². The third-order valence-electron chi connectivity index (χ3n) is 6.82. The van der Waals surface area contributed by atoms with E-state index in [1.54, 1.807) is 10.4 Å². The van der Waals surface area contributed by atoms with Gasteiger partial charge in [-0.25, -0.2) is 10.3 Å². The lowest BCUT2D eigenvalue weighted by atomic mass is 9.76. The minimum Gasteiger partial charge on any atom is -0.446 e. The van der Waals surface area contributed by atoms with Gasteiger partial charge >= 0.3 is 6.09 Å². The van der Waals surface area contributed by atoms with Crippen LogP contribution in [0.15, 0.2) is 30.3 Å². The van der Waals surface area contributed by atoms with Gasteiger partial charge in [-0.3, -0.25) is 14.8 Å². The lowest BCUT2D eigenvalue weighted by Gasteiger charge is -2.40. The van der Waals surface area contributed by atoms with Crippen molar-refractivity contribution in [2.75, 3.05) is 57.4 Å². The molecule has 0 aromatic heterocycles. The summed E-state index contributed by atoms with van der Waals surface area (Å²) >= 11 is 0. The molecular formula is C23H32N4O6. The molecule has 3 fully saturated rings. The van der Waals surface area contributed by atoms with E-state index >= 15 is 0 Å². The highest BCUT2D eigenvalue weighted by atomic mass is 16.6. The predicted molar refractivity (Wildman–Crippen MR) is 119 cm³/mol. The number of benzene rings is 1. The second kappa shape index (κ2) is 10.8. The number of ether oxygens (including phenoxy) is 2. The van der Waals surface area contributed by atoms with Gasteiger partial charge in [-0.1, -0.05) is 18.2 Å². The fraction of sp³-hybridized carbons (Fsp3) is 0.609. The molecular weight excluding hydrogens is 428 g/mol. The number of hydrogen-bond acceptors (Lipinski definition) is 7. The van der Waals surface area contributed by atoms with E-state index < -0.39 is 29.9 Å². The number of nitrogens with one attached hydrogen (secondary N) is 1. The van der Waals surface area contributed by atoms with Crippen LogP contribution in [0.4, 0.5) is 10.5 Å². The molecule has 0 radical (unpaired) electrons. The molecule has 2 N–H and O–H groups in total. The van der Waals surface area contributed by atoms with Crippen LogP contribution >= 0.6 is 0 Å². The van der Waals surface area contributed by atoms with Crippen LogP contribution in [0.5, 0.6) is 0 Å². The Hall–Kier alpha value is -2.85. The van der Waals surface area contributed by atoms with Crippen molar-refractivity contribution < 1.29 is 29.1 Å². The maximum atomic E-state index is 13.3. The van der Waals surface area contributed by atoms with Crippen molar-refractivity contribution in [2.45, 2.75) is 25.4 Å². The van der Waals surface area contributed by atoms with Gasteiger partial charge in [-0.2, -0.15) is 0 Å². The fourth-order valence-electron chi connectivity index (χ4n) is 4.93. The van der Waals surface area contributed by atoms with Gasteiger partial charge < -0.3 is 24.2 Å². The Kier molecular flexibility index (Phi) is 7.66. The highest BCUT2D eigenvalue weighted by Crippen LogP contribution is 2.34. The van der Waals surface area contributed by atoms with Gasteiger partial charge in [0.2, 0.25) is 11.8 Å². The Bertz CT molecular complexity index is 824. The average Bonchev–Trinajstić information content (AvgIpc) is 2.89. The van der Waals surface area contributed by atoms with Gasteiger partial charge in [-0.15, -0.1) is 0 Å². The van der Waals surface area contributed by atoms with Crippen molar-refractivity contribution in [1.82, 2.24) is 15.3 Å². The molecule has 2 heterocycles. The number of carbonyl (C=O) groups excluding carboxylic acids is 3. The Balaban J connectivity index is 1.34. The van der Waals surface area contributed by atoms with Crippen molar-refractivity contribution in [3.8, 4) is 0 Å². The maximum Gasteiger partial charge on any atom is 0.410 e. The third kappa shape index (κ3) is 5.56. The van der Waals surface area contributed by atoms with Crippen LogP contribution in [-0.2, 0) is 19.1 Å². The summed E-state index contributed by atoms with van der Waals surface area (Å²) in [4.78, 5) is 43.8. The number of nitrogens with zero attached hydrogens (tertiary/aromatic N) is 3. The summed E-state index contributed by atoms with van der Waals surface area (Å²) in [6, 6.07) is 10.1. The zero-order valence-corrected chi connectivity index (χ0v) is 18.7. The molecule has 0 spiro atoms. The van der Waals surface area contributed by atoms with E-state index in [0.717, 1.165) is 18.8 Å². The second-order valence-electron chi connectivity index (χ2n) is 8.76. The van der Waals surface area contributed by atoms with Gasteiger partial charge in [-0.05, 0) is 31.4 Å². The quantitative estimate of drug-likeness (QED) is 0.511. The van der Waals surface area contributed by atoms with Crippen LogP contribution in [0, 0.1) is 11.8 Å². The summed E-state index contributed by atoms with van der Waals surface area (Å²) < 4.78 is 10.9. The Morgan fingerprint density at radius 2 is 1.61 bits per heavy atom. The maximum absolute atomic E-state index is 13.3. The number of morpholine rings is 1. The highest BCUT2D eigenvalue weighted by Gasteiger charge is 2.42. The standard InChI is InChI=1S/C23H32N4O6/c28-21(24-31)20-16-18(33-23(30)27-12-14-32-15-13-27)6-7-19(20)22(29)26-10-8-25(9-11-26)17-4-2-1-3-5-17/h1-5,18-20,31H,6-16H2,(H,24,28). The Morgan fingerprint density at radius 3 is 2.27 bits per heavy atom. The fourth-order valence-corrected chi connectivity index (χ4v) is 4.93. The van der Waals surface area contributed by atoms with E-state index in [4.69, 9.17) is 9.47 Å². The predicted octanol–water partition coefficient (Wildman–Crippen LogP) is 1.09. The molecule has 1 aromatic rings. The Labute approximate surface area is 193 Å². The Morgan fingerprint density at radius 1 is 0.909 bits per heavy atom. The lowest BCUT2D eigenvalue weighted by Crippen LogP contribution is -2.53. The molecule has 1 saturated carbocycles. The van der Waals surface area contributed by atoms with E-state index in [1.807, 2.05) is 23.1 Å². The summed E-state index contributed by atoms with van der Waals surface area (Å²) in [6.45, 7) is 4.50. The smallest absolute Gasteiger partial charge is 0.410 e. The zero-order chi connectivity index (χ0) is 23.2. The average molecular weight is 461 g/mol. The molecule has 2 saturated heterocycles. The van der Waals surface area contributed by atoms with Crippen molar-refractivity contribution in [3.05, 3.63) is 30.3 Å². The van der Waals surface area contributed by atoms with Crippen molar-refractivity contribution in [1.29, 1.82) is 0 Å². The number of hydrogen-bond donors (Lipinski definition) is 2. The molecule has 3 unspecified atom stereocenters.